The van der Waals surface area contributed by atoms with Crippen molar-refractivity contribution < 1.29 is 4.74 Å². The molecule has 0 amide bonds. The molecule has 1 aliphatic rings. The van der Waals surface area contributed by atoms with E-state index >= 15 is 0 Å². The van der Waals surface area contributed by atoms with Gasteiger partial charge >= 0.3 is 0 Å². The van der Waals surface area contributed by atoms with Gasteiger partial charge in [-0.2, -0.15) is 12.6 Å². The lowest BCUT2D eigenvalue weighted by molar-refractivity contribution is 0.0248. The third-order valence-electron chi connectivity index (χ3n) is 2.33. The Labute approximate surface area is 74.9 Å². The minimum absolute atomic E-state index is 0.533. The van der Waals surface area contributed by atoms with Crippen LogP contribution in [0.4, 0.5) is 0 Å². The summed E-state index contributed by atoms with van der Waals surface area (Å²) in [7, 11) is 0. The molecule has 2 unspecified atom stereocenters. The fourth-order valence-electron chi connectivity index (χ4n) is 1.75. The van der Waals surface area contributed by atoms with Crippen molar-refractivity contribution in [2.24, 2.45) is 5.92 Å². The minimum atomic E-state index is 0.533. The third-order valence-corrected chi connectivity index (χ3v) is 2.52. The van der Waals surface area contributed by atoms with Crippen molar-refractivity contribution in [3.05, 3.63) is 0 Å². The third kappa shape index (κ3) is 3.48. The van der Waals surface area contributed by atoms with Crippen LogP contribution < -0.4 is 0 Å². The maximum Gasteiger partial charge on any atom is 0.0578 e. The molecular formula is C9H18OS. The van der Waals surface area contributed by atoms with Gasteiger partial charge in [-0.1, -0.05) is 19.8 Å². The van der Waals surface area contributed by atoms with E-state index in [0.29, 0.717) is 6.10 Å². The average Bonchev–Trinajstić information content (AvgIpc) is 2.01. The van der Waals surface area contributed by atoms with Gasteiger partial charge in [-0.15, -0.1) is 0 Å². The van der Waals surface area contributed by atoms with Gasteiger partial charge in [0, 0.05) is 5.75 Å². The van der Waals surface area contributed by atoms with Crippen LogP contribution in [0, 0.1) is 5.92 Å². The van der Waals surface area contributed by atoms with Crippen molar-refractivity contribution in [1.29, 1.82) is 0 Å². The highest BCUT2D eigenvalue weighted by molar-refractivity contribution is 7.80. The van der Waals surface area contributed by atoms with Crippen LogP contribution in [0.25, 0.3) is 0 Å². The molecule has 11 heavy (non-hydrogen) atoms. The number of thiol groups is 1. The zero-order valence-electron chi connectivity index (χ0n) is 7.25. The molecule has 0 bridgehead atoms. The molecule has 0 N–H and O–H groups in total. The van der Waals surface area contributed by atoms with Crippen molar-refractivity contribution in [2.45, 2.75) is 38.7 Å². The van der Waals surface area contributed by atoms with E-state index in [9.17, 15) is 0 Å². The molecule has 0 aromatic carbocycles. The van der Waals surface area contributed by atoms with E-state index in [1.807, 2.05) is 0 Å². The van der Waals surface area contributed by atoms with Crippen LogP contribution in [0.2, 0.25) is 0 Å². The molecule has 1 nitrogen and oxygen atoms in total. The second kappa shape index (κ2) is 5.04. The first-order chi connectivity index (χ1) is 5.33. The zero-order valence-corrected chi connectivity index (χ0v) is 8.15. The van der Waals surface area contributed by atoms with Gasteiger partial charge in [0.2, 0.25) is 0 Å². The largest absolute Gasteiger partial charge is 0.377 e. The SMILES string of the molecule is CC1CCCC(OCCS)C1. The Hall–Kier alpha value is 0.310. The standard InChI is InChI=1S/C9H18OS/c1-8-3-2-4-9(7-8)10-5-6-11/h8-9,11H,2-7H2,1H3. The molecule has 2 heteroatoms. The summed E-state index contributed by atoms with van der Waals surface area (Å²) in [5.74, 6) is 1.72. The maximum atomic E-state index is 5.63. The molecule has 1 rings (SSSR count). The Morgan fingerprint density at radius 2 is 2.27 bits per heavy atom. The maximum absolute atomic E-state index is 5.63. The Balaban J connectivity index is 2.12. The number of hydrogen-bond donors (Lipinski definition) is 1. The molecule has 2 atom stereocenters. The summed E-state index contributed by atoms with van der Waals surface area (Å²) in [5, 5.41) is 0. The second-order valence-electron chi connectivity index (χ2n) is 3.49. The van der Waals surface area contributed by atoms with Crippen LogP contribution >= 0.6 is 12.6 Å². The van der Waals surface area contributed by atoms with Gasteiger partial charge in [0.05, 0.1) is 12.7 Å². The lowest BCUT2D eigenvalue weighted by atomic mass is 9.89. The van der Waals surface area contributed by atoms with E-state index in [2.05, 4.69) is 19.6 Å². The summed E-state index contributed by atoms with van der Waals surface area (Å²) in [6.45, 7) is 3.14. The predicted octanol–water partition coefficient (Wildman–Crippen LogP) is 2.51. The van der Waals surface area contributed by atoms with Gasteiger partial charge < -0.3 is 4.74 Å². The first-order valence-corrected chi connectivity index (χ1v) is 5.18. The normalized spacial score (nSPS) is 32.2. The van der Waals surface area contributed by atoms with Gasteiger partial charge in [-0.05, 0) is 18.8 Å². The summed E-state index contributed by atoms with van der Waals surface area (Å²) >= 11 is 4.12. The molecular weight excluding hydrogens is 156 g/mol. The first-order valence-electron chi connectivity index (χ1n) is 4.55. The van der Waals surface area contributed by atoms with Crippen LogP contribution in [0.5, 0.6) is 0 Å². The van der Waals surface area contributed by atoms with Crippen molar-refractivity contribution in [2.75, 3.05) is 12.4 Å². The van der Waals surface area contributed by atoms with E-state index in [-0.39, 0.29) is 0 Å². The zero-order chi connectivity index (χ0) is 8.10. The average molecular weight is 174 g/mol. The van der Waals surface area contributed by atoms with Crippen molar-refractivity contribution in [3.8, 4) is 0 Å². The first kappa shape index (κ1) is 9.40. The van der Waals surface area contributed by atoms with Crippen LogP contribution in [0.15, 0.2) is 0 Å². The summed E-state index contributed by atoms with van der Waals surface area (Å²) < 4.78 is 5.63. The van der Waals surface area contributed by atoms with E-state index in [4.69, 9.17) is 4.74 Å². The highest BCUT2D eigenvalue weighted by Gasteiger charge is 2.18. The van der Waals surface area contributed by atoms with Gasteiger partial charge in [-0.25, -0.2) is 0 Å². The molecule has 66 valence electrons. The molecule has 0 spiro atoms. The molecule has 1 fully saturated rings. The topological polar surface area (TPSA) is 9.23 Å². The highest BCUT2D eigenvalue weighted by atomic mass is 32.1. The summed E-state index contributed by atoms with van der Waals surface area (Å²) in [5.41, 5.74) is 0. The van der Waals surface area contributed by atoms with E-state index in [0.717, 1.165) is 18.3 Å². The van der Waals surface area contributed by atoms with E-state index in [1.54, 1.807) is 0 Å². The molecule has 0 aromatic heterocycles. The van der Waals surface area contributed by atoms with Crippen molar-refractivity contribution in [1.82, 2.24) is 0 Å². The lowest BCUT2D eigenvalue weighted by Gasteiger charge is -2.26. The van der Waals surface area contributed by atoms with Crippen LogP contribution in [0.1, 0.15) is 32.6 Å². The Bertz CT molecular complexity index is 106. The predicted molar refractivity (Wildman–Crippen MR) is 51.2 cm³/mol. The van der Waals surface area contributed by atoms with Crippen LogP contribution in [-0.4, -0.2) is 18.5 Å². The fourth-order valence-corrected chi connectivity index (χ4v) is 1.85. The Kier molecular flexibility index (Phi) is 4.31. The summed E-state index contributed by atoms with van der Waals surface area (Å²) in [4.78, 5) is 0. The fraction of sp³-hybridized carbons (Fsp3) is 1.00. The quantitative estimate of drug-likeness (QED) is 0.647. The van der Waals surface area contributed by atoms with Gasteiger partial charge in [0.1, 0.15) is 0 Å². The van der Waals surface area contributed by atoms with Gasteiger partial charge in [0.15, 0.2) is 0 Å². The Morgan fingerprint density at radius 3 is 2.91 bits per heavy atom. The Morgan fingerprint density at radius 1 is 1.45 bits per heavy atom. The molecule has 0 radical (unpaired) electrons. The van der Waals surface area contributed by atoms with Crippen LogP contribution in [-0.2, 0) is 4.74 Å². The second-order valence-corrected chi connectivity index (χ2v) is 3.94. The molecule has 0 saturated heterocycles. The lowest BCUT2D eigenvalue weighted by Crippen LogP contribution is -2.22. The molecule has 1 saturated carbocycles. The monoisotopic (exact) mass is 174 g/mol. The highest BCUT2D eigenvalue weighted by Crippen LogP contribution is 2.25. The van der Waals surface area contributed by atoms with Crippen molar-refractivity contribution >= 4 is 12.6 Å². The number of ether oxygens (including phenoxy) is 1. The van der Waals surface area contributed by atoms with E-state index in [1.165, 1.54) is 25.7 Å². The van der Waals surface area contributed by atoms with Crippen LogP contribution in [0.3, 0.4) is 0 Å². The molecule has 0 aromatic rings. The summed E-state index contributed by atoms with van der Waals surface area (Å²) in [6, 6.07) is 0. The number of rotatable bonds is 3. The molecule has 0 heterocycles. The minimum Gasteiger partial charge on any atom is -0.377 e. The summed E-state index contributed by atoms with van der Waals surface area (Å²) in [6.07, 6.45) is 5.79. The molecule has 0 aliphatic heterocycles. The number of hydrogen-bond acceptors (Lipinski definition) is 2. The smallest absolute Gasteiger partial charge is 0.0578 e. The van der Waals surface area contributed by atoms with E-state index < -0.39 is 0 Å². The van der Waals surface area contributed by atoms with Gasteiger partial charge in [0.25, 0.3) is 0 Å². The van der Waals surface area contributed by atoms with Gasteiger partial charge in [-0.3, -0.25) is 0 Å². The molecule has 1 aliphatic carbocycles. The van der Waals surface area contributed by atoms with Crippen molar-refractivity contribution in [3.63, 3.8) is 0 Å².